The van der Waals surface area contributed by atoms with Crippen LogP contribution in [0.1, 0.15) is 39.1 Å². The lowest BCUT2D eigenvalue weighted by Crippen LogP contribution is -2.16. The van der Waals surface area contributed by atoms with Gasteiger partial charge in [-0.05, 0) is 30.0 Å². The molecule has 3 aromatic rings. The second-order valence-electron chi connectivity index (χ2n) is 6.67. The molecule has 132 valence electrons. The maximum atomic E-state index is 11.5. The first-order valence-electron chi connectivity index (χ1n) is 8.10. The summed E-state index contributed by atoms with van der Waals surface area (Å²) in [7, 11) is 0. The van der Waals surface area contributed by atoms with Crippen molar-refractivity contribution >= 4 is 11.8 Å². The first-order valence-corrected chi connectivity index (χ1v) is 9.08. The second-order valence-corrected chi connectivity index (χ2v) is 7.62. The number of rotatable bonds is 5. The van der Waals surface area contributed by atoms with E-state index in [4.69, 9.17) is 4.42 Å². The van der Waals surface area contributed by atoms with Crippen molar-refractivity contribution in [1.29, 1.82) is 0 Å². The molecule has 8 heteroatoms. The Bertz CT molecular complexity index is 902. The van der Waals surface area contributed by atoms with Crippen molar-refractivity contribution in [3.63, 3.8) is 0 Å². The summed E-state index contributed by atoms with van der Waals surface area (Å²) in [5, 5.41) is 15.2. The van der Waals surface area contributed by atoms with Crippen LogP contribution in [-0.2, 0) is 17.7 Å². The third-order valence-electron chi connectivity index (χ3n) is 3.83. The summed E-state index contributed by atoms with van der Waals surface area (Å²) in [5.74, 6) is 1.45. The molecule has 0 bridgehead atoms. The van der Waals surface area contributed by atoms with Crippen LogP contribution in [0.2, 0.25) is 0 Å². The monoisotopic (exact) mass is 359 g/mol. The highest BCUT2D eigenvalue weighted by molar-refractivity contribution is 7.98. The number of H-pyrrole nitrogens is 1. The molecule has 0 saturated heterocycles. The van der Waals surface area contributed by atoms with Crippen LogP contribution >= 0.6 is 11.8 Å². The van der Waals surface area contributed by atoms with E-state index < -0.39 is 0 Å². The topological polar surface area (TPSA) is 89.6 Å². The first kappa shape index (κ1) is 17.5. The van der Waals surface area contributed by atoms with Crippen molar-refractivity contribution < 1.29 is 4.42 Å². The molecule has 2 heterocycles. The molecule has 0 aliphatic rings. The molecule has 0 fully saturated rings. The third kappa shape index (κ3) is 3.84. The van der Waals surface area contributed by atoms with Crippen molar-refractivity contribution in [3.8, 4) is 11.5 Å². The Morgan fingerprint density at radius 2 is 1.92 bits per heavy atom. The van der Waals surface area contributed by atoms with Gasteiger partial charge in [0.25, 0.3) is 0 Å². The van der Waals surface area contributed by atoms with Crippen molar-refractivity contribution in [3.05, 3.63) is 46.2 Å². The SMILES string of the molecule is CCn1c(SCc2nnc(-c3ccc(C(C)(C)C)cc3)o2)n[nH]c1=O. The molecule has 0 saturated carbocycles. The van der Waals surface area contributed by atoms with Crippen molar-refractivity contribution in [2.45, 2.75) is 50.6 Å². The third-order valence-corrected chi connectivity index (χ3v) is 4.79. The van der Waals surface area contributed by atoms with E-state index in [0.717, 1.165) is 5.56 Å². The molecule has 1 N–H and O–H groups in total. The zero-order chi connectivity index (χ0) is 18.0. The van der Waals surface area contributed by atoms with Gasteiger partial charge >= 0.3 is 5.69 Å². The molecule has 0 unspecified atom stereocenters. The summed E-state index contributed by atoms with van der Waals surface area (Å²) in [5.41, 5.74) is 2.04. The Kier molecular flexibility index (Phi) is 4.80. The predicted molar refractivity (Wildman–Crippen MR) is 96.5 cm³/mol. The maximum Gasteiger partial charge on any atom is 0.343 e. The summed E-state index contributed by atoms with van der Waals surface area (Å²) in [6.07, 6.45) is 0. The van der Waals surface area contributed by atoms with Crippen LogP contribution < -0.4 is 5.69 Å². The Labute approximate surface area is 149 Å². The van der Waals surface area contributed by atoms with Crippen molar-refractivity contribution in [1.82, 2.24) is 25.0 Å². The molecule has 25 heavy (non-hydrogen) atoms. The predicted octanol–water partition coefficient (Wildman–Crippen LogP) is 3.23. The molecular weight excluding hydrogens is 338 g/mol. The summed E-state index contributed by atoms with van der Waals surface area (Å²) >= 11 is 1.38. The molecule has 0 atom stereocenters. The zero-order valence-electron chi connectivity index (χ0n) is 14.7. The van der Waals surface area contributed by atoms with Crippen LogP contribution in [0.3, 0.4) is 0 Å². The highest BCUT2D eigenvalue weighted by atomic mass is 32.2. The first-order chi connectivity index (χ1) is 11.9. The fourth-order valence-corrected chi connectivity index (χ4v) is 3.21. The van der Waals surface area contributed by atoms with E-state index in [1.165, 1.54) is 17.3 Å². The number of hydrogen-bond donors (Lipinski definition) is 1. The van der Waals surface area contributed by atoms with Crippen LogP contribution in [0.25, 0.3) is 11.5 Å². The average molecular weight is 359 g/mol. The van der Waals surface area contributed by atoms with Gasteiger partial charge in [0.2, 0.25) is 11.8 Å². The van der Waals surface area contributed by atoms with Gasteiger partial charge in [-0.1, -0.05) is 44.7 Å². The largest absolute Gasteiger partial charge is 0.420 e. The molecule has 2 aromatic heterocycles. The van der Waals surface area contributed by atoms with E-state index in [2.05, 4.69) is 53.3 Å². The fraction of sp³-hybridized carbons (Fsp3) is 0.412. The minimum absolute atomic E-state index is 0.105. The Hall–Kier alpha value is -2.35. The van der Waals surface area contributed by atoms with Crippen LogP contribution in [0.5, 0.6) is 0 Å². The summed E-state index contributed by atoms with van der Waals surface area (Å²) < 4.78 is 7.29. The summed E-state index contributed by atoms with van der Waals surface area (Å²) in [4.78, 5) is 11.5. The minimum atomic E-state index is -0.213. The standard InChI is InChI=1S/C17H21N5O2S/c1-5-22-15(23)20-21-16(22)25-10-13-18-19-14(24-13)11-6-8-12(9-7-11)17(2,3)4/h6-9H,5,10H2,1-4H3,(H,20,23). The van der Waals surface area contributed by atoms with Crippen LogP contribution in [0.15, 0.2) is 38.6 Å². The fourth-order valence-electron chi connectivity index (χ4n) is 2.36. The second kappa shape index (κ2) is 6.87. The number of benzene rings is 1. The number of thioether (sulfide) groups is 1. The quantitative estimate of drug-likeness (QED) is 0.704. The number of hydrogen-bond acceptors (Lipinski definition) is 6. The van der Waals surface area contributed by atoms with E-state index in [0.29, 0.717) is 29.2 Å². The summed E-state index contributed by atoms with van der Waals surface area (Å²) in [6.45, 7) is 8.98. The van der Waals surface area contributed by atoms with E-state index in [9.17, 15) is 4.79 Å². The van der Waals surface area contributed by atoms with Crippen molar-refractivity contribution in [2.24, 2.45) is 0 Å². The van der Waals surface area contributed by atoms with Gasteiger partial charge in [-0.2, -0.15) is 0 Å². The molecular formula is C17H21N5O2S. The van der Waals surface area contributed by atoms with Gasteiger partial charge in [0.15, 0.2) is 5.16 Å². The van der Waals surface area contributed by atoms with E-state index in [1.54, 1.807) is 4.57 Å². The van der Waals surface area contributed by atoms with Gasteiger partial charge in [-0.15, -0.1) is 15.3 Å². The smallest absolute Gasteiger partial charge is 0.343 e. The molecule has 0 radical (unpaired) electrons. The normalized spacial score (nSPS) is 11.8. The number of nitrogens with zero attached hydrogens (tertiary/aromatic N) is 4. The lowest BCUT2D eigenvalue weighted by atomic mass is 9.87. The van der Waals surface area contributed by atoms with E-state index >= 15 is 0 Å². The van der Waals surface area contributed by atoms with Gasteiger partial charge < -0.3 is 4.42 Å². The van der Waals surface area contributed by atoms with Gasteiger partial charge in [0.05, 0.1) is 5.75 Å². The number of aromatic amines is 1. The Morgan fingerprint density at radius 1 is 1.20 bits per heavy atom. The highest BCUT2D eigenvalue weighted by Crippen LogP contribution is 2.26. The molecule has 7 nitrogen and oxygen atoms in total. The van der Waals surface area contributed by atoms with E-state index in [1.807, 2.05) is 19.1 Å². The highest BCUT2D eigenvalue weighted by Gasteiger charge is 2.15. The van der Waals surface area contributed by atoms with Crippen LogP contribution in [0.4, 0.5) is 0 Å². The van der Waals surface area contributed by atoms with Gasteiger partial charge in [0.1, 0.15) is 0 Å². The Balaban J connectivity index is 1.71. The van der Waals surface area contributed by atoms with E-state index in [-0.39, 0.29) is 11.1 Å². The molecule has 0 spiro atoms. The molecule has 3 rings (SSSR count). The average Bonchev–Trinajstić information content (AvgIpc) is 3.18. The minimum Gasteiger partial charge on any atom is -0.420 e. The number of aromatic nitrogens is 5. The Morgan fingerprint density at radius 3 is 2.56 bits per heavy atom. The lowest BCUT2D eigenvalue weighted by molar-refractivity contribution is 0.527. The van der Waals surface area contributed by atoms with Gasteiger partial charge in [-0.3, -0.25) is 4.57 Å². The van der Waals surface area contributed by atoms with Crippen molar-refractivity contribution in [2.75, 3.05) is 0 Å². The maximum absolute atomic E-state index is 11.5. The van der Waals surface area contributed by atoms with Crippen LogP contribution in [0, 0.1) is 0 Å². The number of nitrogens with one attached hydrogen (secondary N) is 1. The molecule has 0 aliphatic heterocycles. The van der Waals surface area contributed by atoms with Crippen LogP contribution in [-0.4, -0.2) is 25.0 Å². The molecule has 0 aliphatic carbocycles. The van der Waals surface area contributed by atoms with Gasteiger partial charge in [0, 0.05) is 12.1 Å². The summed E-state index contributed by atoms with van der Waals surface area (Å²) in [6, 6.07) is 8.15. The zero-order valence-corrected chi connectivity index (χ0v) is 15.6. The lowest BCUT2D eigenvalue weighted by Gasteiger charge is -2.18. The molecule has 0 amide bonds. The van der Waals surface area contributed by atoms with Gasteiger partial charge in [-0.25, -0.2) is 9.89 Å². The molecule has 1 aromatic carbocycles.